The van der Waals surface area contributed by atoms with Gasteiger partial charge in [-0.2, -0.15) is 5.10 Å². The monoisotopic (exact) mass is 483 g/mol. The first-order valence-corrected chi connectivity index (χ1v) is 11.8. The van der Waals surface area contributed by atoms with E-state index in [4.69, 9.17) is 10.8 Å². The highest BCUT2D eigenvalue weighted by molar-refractivity contribution is 6.05. The fourth-order valence-corrected chi connectivity index (χ4v) is 4.87. The van der Waals surface area contributed by atoms with Crippen molar-refractivity contribution < 1.29 is 14.0 Å². The standard InChI is InChI=1S/C28H26FN5O2/c1-3-33-27-23(17(2)32-34(27)22-10-5-4-6-11-22)24(18-12-14-20(29)15-13-18)25(28(33)36)31-26(35)19-8-7-9-21(30)16-19/h4-16,24-25H,3,30H2,1-2H3,(H,31,35)/t24?,25-/m1/s1. The highest BCUT2D eigenvalue weighted by atomic mass is 19.1. The highest BCUT2D eigenvalue weighted by Crippen LogP contribution is 2.43. The summed E-state index contributed by atoms with van der Waals surface area (Å²) in [6.45, 7) is 4.15. The normalized spacial score (nSPS) is 17.1. The minimum atomic E-state index is -0.927. The fraction of sp³-hybridized carbons (Fsp3) is 0.179. The summed E-state index contributed by atoms with van der Waals surface area (Å²) in [5.41, 5.74) is 9.72. The van der Waals surface area contributed by atoms with Crippen LogP contribution in [0.3, 0.4) is 0 Å². The molecule has 1 aromatic heterocycles. The molecular weight excluding hydrogens is 457 g/mol. The van der Waals surface area contributed by atoms with Crippen LogP contribution in [0.5, 0.6) is 0 Å². The number of nitrogens with one attached hydrogen (secondary N) is 1. The summed E-state index contributed by atoms with van der Waals surface area (Å²) in [5, 5.41) is 7.73. The predicted molar refractivity (Wildman–Crippen MR) is 137 cm³/mol. The molecule has 1 aliphatic rings. The lowest BCUT2D eigenvalue weighted by atomic mass is 9.81. The number of carbonyl (C=O) groups excluding carboxylic acids is 2. The van der Waals surface area contributed by atoms with Crippen LogP contribution in [0, 0.1) is 12.7 Å². The SMILES string of the molecule is CCN1C(=O)[C@H](NC(=O)c2cccc(N)c2)C(c2ccc(F)cc2)c2c(C)nn(-c3ccccc3)c21. The van der Waals surface area contributed by atoms with Crippen molar-refractivity contribution in [3.63, 3.8) is 0 Å². The number of rotatable bonds is 5. The third-order valence-corrected chi connectivity index (χ3v) is 6.49. The van der Waals surface area contributed by atoms with Crippen LogP contribution in [0.2, 0.25) is 0 Å². The van der Waals surface area contributed by atoms with Gasteiger partial charge in [0.1, 0.15) is 17.7 Å². The maximum Gasteiger partial charge on any atom is 0.252 e. The molecule has 0 saturated carbocycles. The number of carbonyl (C=O) groups is 2. The number of aromatic nitrogens is 2. The van der Waals surface area contributed by atoms with Gasteiger partial charge in [-0.25, -0.2) is 9.07 Å². The van der Waals surface area contributed by atoms with Crippen LogP contribution in [-0.4, -0.2) is 34.2 Å². The first-order valence-electron chi connectivity index (χ1n) is 11.8. The van der Waals surface area contributed by atoms with E-state index < -0.39 is 17.9 Å². The minimum absolute atomic E-state index is 0.270. The van der Waals surface area contributed by atoms with Crippen molar-refractivity contribution in [3.05, 3.63) is 107 Å². The molecule has 3 N–H and O–H groups in total. The van der Waals surface area contributed by atoms with Crippen molar-refractivity contribution in [2.24, 2.45) is 0 Å². The van der Waals surface area contributed by atoms with Crippen LogP contribution in [0.15, 0.2) is 78.9 Å². The van der Waals surface area contributed by atoms with E-state index in [1.807, 2.05) is 44.2 Å². The van der Waals surface area contributed by atoms with E-state index in [9.17, 15) is 14.0 Å². The summed E-state index contributed by atoms with van der Waals surface area (Å²) in [6, 6.07) is 21.3. The van der Waals surface area contributed by atoms with Crippen molar-refractivity contribution in [3.8, 4) is 5.69 Å². The van der Waals surface area contributed by atoms with Gasteiger partial charge in [0, 0.05) is 29.3 Å². The van der Waals surface area contributed by atoms with Gasteiger partial charge in [0.25, 0.3) is 11.8 Å². The number of nitrogens with two attached hydrogens (primary N) is 1. The van der Waals surface area contributed by atoms with Gasteiger partial charge in [-0.15, -0.1) is 0 Å². The Morgan fingerprint density at radius 2 is 1.78 bits per heavy atom. The fourth-order valence-electron chi connectivity index (χ4n) is 4.87. The zero-order valence-electron chi connectivity index (χ0n) is 20.0. The second-order valence-corrected chi connectivity index (χ2v) is 8.76. The molecule has 5 rings (SSSR count). The summed E-state index contributed by atoms with van der Waals surface area (Å²) in [7, 11) is 0. The molecule has 0 spiro atoms. The minimum Gasteiger partial charge on any atom is -0.399 e. The summed E-state index contributed by atoms with van der Waals surface area (Å²) in [5.74, 6) is -0.990. The zero-order chi connectivity index (χ0) is 25.4. The number of halogens is 1. The predicted octanol–water partition coefficient (Wildman–Crippen LogP) is 4.20. The molecule has 36 heavy (non-hydrogen) atoms. The lowest BCUT2D eigenvalue weighted by Crippen LogP contribution is -2.55. The molecule has 0 fully saturated rings. The van der Waals surface area contributed by atoms with Crippen LogP contribution in [0.4, 0.5) is 15.9 Å². The second-order valence-electron chi connectivity index (χ2n) is 8.76. The molecule has 2 heterocycles. The maximum atomic E-state index is 14.0. The van der Waals surface area contributed by atoms with Gasteiger partial charge in [-0.1, -0.05) is 36.4 Å². The highest BCUT2D eigenvalue weighted by Gasteiger charge is 2.45. The van der Waals surface area contributed by atoms with Crippen molar-refractivity contribution in [1.82, 2.24) is 15.1 Å². The summed E-state index contributed by atoms with van der Waals surface area (Å²) in [4.78, 5) is 28.9. The molecule has 1 unspecified atom stereocenters. The molecule has 2 amide bonds. The molecule has 0 saturated heterocycles. The molecule has 0 aliphatic carbocycles. The Morgan fingerprint density at radius 3 is 2.44 bits per heavy atom. The van der Waals surface area contributed by atoms with Gasteiger partial charge in [0.2, 0.25) is 0 Å². The quantitative estimate of drug-likeness (QED) is 0.416. The van der Waals surface area contributed by atoms with Gasteiger partial charge in [0.15, 0.2) is 0 Å². The lowest BCUT2D eigenvalue weighted by Gasteiger charge is -2.38. The lowest BCUT2D eigenvalue weighted by molar-refractivity contribution is -0.121. The number of anilines is 2. The van der Waals surface area contributed by atoms with Gasteiger partial charge in [-0.3, -0.25) is 14.5 Å². The average molecular weight is 484 g/mol. The molecule has 0 bridgehead atoms. The Balaban J connectivity index is 1.68. The number of para-hydroxylation sites is 1. The van der Waals surface area contributed by atoms with Gasteiger partial charge in [-0.05, 0) is 61.9 Å². The number of nitrogens with zero attached hydrogens (tertiary/aromatic N) is 3. The molecular formula is C28H26FN5O2. The molecule has 182 valence electrons. The number of hydrogen-bond acceptors (Lipinski definition) is 4. The molecule has 2 atom stereocenters. The van der Waals surface area contributed by atoms with Crippen molar-refractivity contribution in [2.75, 3.05) is 17.2 Å². The van der Waals surface area contributed by atoms with Crippen LogP contribution in [0.25, 0.3) is 5.69 Å². The summed E-state index contributed by atoms with van der Waals surface area (Å²) in [6.07, 6.45) is 0. The maximum absolute atomic E-state index is 14.0. The smallest absolute Gasteiger partial charge is 0.252 e. The van der Waals surface area contributed by atoms with Gasteiger partial charge < -0.3 is 11.1 Å². The topological polar surface area (TPSA) is 93.2 Å². The molecule has 1 aliphatic heterocycles. The van der Waals surface area contributed by atoms with E-state index in [1.54, 1.807) is 46.0 Å². The van der Waals surface area contributed by atoms with Gasteiger partial charge in [0.05, 0.1) is 11.4 Å². The Morgan fingerprint density at radius 1 is 1.06 bits per heavy atom. The van der Waals surface area contributed by atoms with Gasteiger partial charge >= 0.3 is 0 Å². The van der Waals surface area contributed by atoms with Crippen LogP contribution in [0.1, 0.15) is 40.0 Å². The second kappa shape index (κ2) is 9.30. The van der Waals surface area contributed by atoms with Crippen molar-refractivity contribution in [1.29, 1.82) is 0 Å². The number of fused-ring (bicyclic) bond motifs is 1. The van der Waals surface area contributed by atoms with E-state index in [-0.39, 0.29) is 11.7 Å². The van der Waals surface area contributed by atoms with E-state index in [1.165, 1.54) is 12.1 Å². The van der Waals surface area contributed by atoms with E-state index in [0.29, 0.717) is 29.2 Å². The Kier molecular flexibility index (Phi) is 6.01. The van der Waals surface area contributed by atoms with Crippen LogP contribution in [-0.2, 0) is 4.79 Å². The third kappa shape index (κ3) is 4.00. The van der Waals surface area contributed by atoms with Crippen molar-refractivity contribution in [2.45, 2.75) is 25.8 Å². The molecule has 8 heteroatoms. The number of benzene rings is 3. The number of nitrogen functional groups attached to an aromatic ring is 1. The van der Waals surface area contributed by atoms with Crippen LogP contribution >= 0.6 is 0 Å². The Hall–Kier alpha value is -4.46. The summed E-state index contributed by atoms with van der Waals surface area (Å²) >= 11 is 0. The summed E-state index contributed by atoms with van der Waals surface area (Å²) < 4.78 is 15.6. The molecule has 3 aromatic carbocycles. The van der Waals surface area contributed by atoms with E-state index in [2.05, 4.69) is 5.32 Å². The molecule has 0 radical (unpaired) electrons. The van der Waals surface area contributed by atoms with Crippen LogP contribution < -0.4 is 16.0 Å². The number of amides is 2. The zero-order valence-corrected chi connectivity index (χ0v) is 20.0. The number of likely N-dealkylation sites (N-methyl/N-ethyl adjacent to an activating group) is 1. The average Bonchev–Trinajstić information content (AvgIpc) is 3.22. The first-order chi connectivity index (χ1) is 17.4. The van der Waals surface area contributed by atoms with E-state index in [0.717, 1.165) is 16.9 Å². The number of hydrogen-bond donors (Lipinski definition) is 2. The van der Waals surface area contributed by atoms with Crippen molar-refractivity contribution >= 4 is 23.3 Å². The molecule has 4 aromatic rings. The third-order valence-electron chi connectivity index (χ3n) is 6.49. The number of aryl methyl sites for hydroxylation is 1. The first kappa shape index (κ1) is 23.3. The Labute approximate surface area is 208 Å². The molecule has 7 nitrogen and oxygen atoms in total. The Bertz CT molecular complexity index is 1430. The van der Waals surface area contributed by atoms with E-state index >= 15 is 0 Å². The largest absolute Gasteiger partial charge is 0.399 e.